The highest BCUT2D eigenvalue weighted by Gasteiger charge is 2.28. The van der Waals surface area contributed by atoms with Crippen molar-refractivity contribution < 1.29 is 26.4 Å². The van der Waals surface area contributed by atoms with Crippen molar-refractivity contribution in [1.29, 1.82) is 0 Å². The lowest BCUT2D eigenvalue weighted by Crippen LogP contribution is -2.45. The van der Waals surface area contributed by atoms with Crippen molar-refractivity contribution in [2.24, 2.45) is 0 Å². The first-order valence-corrected chi connectivity index (χ1v) is 16.8. The smallest absolute Gasteiger partial charge is 0.264 e. The minimum atomic E-state index is -4.12. The average Bonchev–Trinajstić information content (AvgIpc) is 3.01. The van der Waals surface area contributed by atoms with Gasteiger partial charge in [-0.05, 0) is 60.7 Å². The van der Waals surface area contributed by atoms with Crippen LogP contribution in [0.1, 0.15) is 0 Å². The van der Waals surface area contributed by atoms with E-state index in [2.05, 4.69) is 10.6 Å². The Morgan fingerprint density at radius 1 is 0.545 bits per heavy atom. The minimum Gasteiger partial charge on any atom is -0.353 e. The molecule has 0 atom stereocenters. The predicted octanol–water partition coefficient (Wildman–Crippen LogP) is 4.32. The highest BCUT2D eigenvalue weighted by atomic mass is 35.5. The maximum absolute atomic E-state index is 13.4. The van der Waals surface area contributed by atoms with Gasteiger partial charge in [0.25, 0.3) is 20.0 Å². The number of amides is 2. The highest BCUT2D eigenvalue weighted by Crippen LogP contribution is 2.27. The van der Waals surface area contributed by atoms with Crippen molar-refractivity contribution in [2.45, 2.75) is 9.79 Å². The molecule has 0 aliphatic carbocycles. The van der Waals surface area contributed by atoms with E-state index in [1.54, 1.807) is 60.7 Å². The van der Waals surface area contributed by atoms with Crippen LogP contribution >= 0.6 is 23.2 Å². The van der Waals surface area contributed by atoms with Crippen molar-refractivity contribution in [3.63, 3.8) is 0 Å². The van der Waals surface area contributed by atoms with E-state index in [1.165, 1.54) is 48.5 Å². The number of sulfonamides is 2. The van der Waals surface area contributed by atoms with Crippen molar-refractivity contribution >= 4 is 66.4 Å². The van der Waals surface area contributed by atoms with Crippen molar-refractivity contribution in [2.75, 3.05) is 34.8 Å². The van der Waals surface area contributed by atoms with Gasteiger partial charge in [0.05, 0.1) is 21.2 Å². The van der Waals surface area contributed by atoms with Crippen LogP contribution in [0.4, 0.5) is 11.4 Å². The van der Waals surface area contributed by atoms with E-state index in [0.717, 1.165) is 8.61 Å². The van der Waals surface area contributed by atoms with E-state index < -0.39 is 45.0 Å². The Kier molecular flexibility index (Phi) is 10.9. The number of carbonyl (C=O) groups excluding carboxylic acids is 2. The Balaban J connectivity index is 1.40. The van der Waals surface area contributed by atoms with Crippen molar-refractivity contribution in [3.8, 4) is 0 Å². The molecular formula is C30H28Cl2N4O6S2. The van der Waals surface area contributed by atoms with Gasteiger partial charge in [0, 0.05) is 23.1 Å². The van der Waals surface area contributed by atoms with Gasteiger partial charge < -0.3 is 10.6 Å². The van der Waals surface area contributed by atoms with E-state index in [9.17, 15) is 26.4 Å². The van der Waals surface area contributed by atoms with Gasteiger partial charge in [0.1, 0.15) is 13.1 Å². The Morgan fingerprint density at radius 2 is 0.909 bits per heavy atom. The summed E-state index contributed by atoms with van der Waals surface area (Å²) >= 11 is 12.2. The molecule has 0 unspecified atom stereocenters. The fraction of sp³-hybridized carbons (Fsp3) is 0.133. The van der Waals surface area contributed by atoms with Gasteiger partial charge in [0.2, 0.25) is 11.8 Å². The zero-order chi connectivity index (χ0) is 31.7. The van der Waals surface area contributed by atoms with E-state index in [0.29, 0.717) is 10.0 Å². The molecule has 0 aromatic heterocycles. The van der Waals surface area contributed by atoms with Crippen LogP contribution in [0.15, 0.2) is 119 Å². The van der Waals surface area contributed by atoms with E-state index in [-0.39, 0.29) is 34.3 Å². The summed E-state index contributed by atoms with van der Waals surface area (Å²) in [5.41, 5.74) is 0.399. The third-order valence-electron chi connectivity index (χ3n) is 6.20. The number of carbonyl (C=O) groups is 2. The highest BCUT2D eigenvalue weighted by molar-refractivity contribution is 7.93. The molecule has 4 aromatic carbocycles. The van der Waals surface area contributed by atoms with Gasteiger partial charge in [-0.2, -0.15) is 0 Å². The van der Waals surface area contributed by atoms with E-state index in [1.807, 2.05) is 0 Å². The van der Waals surface area contributed by atoms with Crippen LogP contribution in [0.25, 0.3) is 0 Å². The van der Waals surface area contributed by atoms with Gasteiger partial charge >= 0.3 is 0 Å². The summed E-state index contributed by atoms with van der Waals surface area (Å²) in [6.45, 7) is -1.21. The Bertz CT molecular complexity index is 1690. The second-order valence-electron chi connectivity index (χ2n) is 9.31. The largest absolute Gasteiger partial charge is 0.353 e. The molecule has 0 saturated heterocycles. The normalized spacial score (nSPS) is 11.4. The standard InChI is InChI=1S/C30H28Cl2N4O6S2/c31-23-9-7-11-25(19-23)35(43(39,40)27-13-3-1-4-14-27)21-29(37)33-17-18-34-30(38)22-36(26-12-8-10-24(32)20-26)44(41,42)28-15-5-2-6-16-28/h1-16,19-20H,17-18,21-22H2,(H,33,37)(H,34,38). The van der Waals surface area contributed by atoms with Crippen LogP contribution < -0.4 is 19.2 Å². The molecule has 230 valence electrons. The number of benzene rings is 4. The molecule has 0 aliphatic rings. The van der Waals surface area contributed by atoms with Crippen molar-refractivity contribution in [3.05, 3.63) is 119 Å². The Morgan fingerprint density at radius 3 is 1.25 bits per heavy atom. The van der Waals surface area contributed by atoms with Gasteiger partial charge in [-0.3, -0.25) is 18.2 Å². The summed E-state index contributed by atoms with van der Waals surface area (Å²) in [6, 6.07) is 27.6. The summed E-state index contributed by atoms with van der Waals surface area (Å²) in [4.78, 5) is 25.7. The van der Waals surface area contributed by atoms with Crippen LogP contribution in [-0.4, -0.2) is 54.8 Å². The number of hydrogen-bond acceptors (Lipinski definition) is 6. The molecule has 0 bridgehead atoms. The lowest BCUT2D eigenvalue weighted by Gasteiger charge is -2.25. The second kappa shape index (κ2) is 14.6. The van der Waals surface area contributed by atoms with Gasteiger partial charge in [-0.15, -0.1) is 0 Å². The lowest BCUT2D eigenvalue weighted by atomic mass is 10.3. The van der Waals surface area contributed by atoms with Gasteiger partial charge in [-0.1, -0.05) is 71.7 Å². The third kappa shape index (κ3) is 8.29. The Labute approximate surface area is 266 Å². The lowest BCUT2D eigenvalue weighted by molar-refractivity contribution is -0.121. The van der Waals surface area contributed by atoms with Crippen LogP contribution in [0.3, 0.4) is 0 Å². The maximum Gasteiger partial charge on any atom is 0.264 e. The van der Waals surface area contributed by atoms with E-state index in [4.69, 9.17) is 23.2 Å². The quantitative estimate of drug-likeness (QED) is 0.203. The SMILES string of the molecule is O=C(CN(c1cccc(Cl)c1)S(=O)(=O)c1ccccc1)NCCNC(=O)CN(c1cccc(Cl)c1)S(=O)(=O)c1ccccc1. The number of rotatable bonds is 13. The molecule has 2 amide bonds. The number of anilines is 2. The molecule has 0 fully saturated rings. The molecule has 44 heavy (non-hydrogen) atoms. The van der Waals surface area contributed by atoms with Gasteiger partial charge in [0.15, 0.2) is 0 Å². The summed E-state index contributed by atoms with van der Waals surface area (Å²) in [6.07, 6.45) is 0. The zero-order valence-corrected chi connectivity index (χ0v) is 26.3. The first kappa shape index (κ1) is 32.8. The summed E-state index contributed by atoms with van der Waals surface area (Å²) in [5, 5.41) is 5.75. The third-order valence-corrected chi connectivity index (χ3v) is 10.2. The monoisotopic (exact) mass is 674 g/mol. The summed E-state index contributed by atoms with van der Waals surface area (Å²) < 4.78 is 55.5. The molecule has 10 nitrogen and oxygen atoms in total. The molecule has 0 saturated carbocycles. The van der Waals surface area contributed by atoms with Crippen LogP contribution in [0, 0.1) is 0 Å². The van der Waals surface area contributed by atoms with Crippen LogP contribution in [0.2, 0.25) is 10.0 Å². The van der Waals surface area contributed by atoms with Gasteiger partial charge in [-0.25, -0.2) is 16.8 Å². The fourth-order valence-corrected chi connectivity index (χ4v) is 7.35. The molecule has 2 N–H and O–H groups in total. The molecular weight excluding hydrogens is 647 g/mol. The molecule has 0 radical (unpaired) electrons. The average molecular weight is 676 g/mol. The minimum absolute atomic E-state index is 0.00486. The molecule has 0 spiro atoms. The predicted molar refractivity (Wildman–Crippen MR) is 171 cm³/mol. The van der Waals surface area contributed by atoms with Crippen LogP contribution in [0.5, 0.6) is 0 Å². The number of halogens is 2. The number of nitrogens with one attached hydrogen (secondary N) is 2. The number of nitrogens with zero attached hydrogens (tertiary/aromatic N) is 2. The zero-order valence-electron chi connectivity index (χ0n) is 23.1. The first-order valence-electron chi connectivity index (χ1n) is 13.2. The second-order valence-corrected chi connectivity index (χ2v) is 13.9. The summed E-state index contributed by atoms with van der Waals surface area (Å²) in [5.74, 6) is -1.27. The Hall–Kier alpha value is -4.10. The topological polar surface area (TPSA) is 133 Å². The fourth-order valence-electron chi connectivity index (χ4n) is 4.11. The maximum atomic E-state index is 13.4. The molecule has 4 rings (SSSR count). The van der Waals surface area contributed by atoms with Crippen molar-refractivity contribution in [1.82, 2.24) is 10.6 Å². The first-order chi connectivity index (χ1) is 21.0. The molecule has 14 heteroatoms. The van der Waals surface area contributed by atoms with E-state index >= 15 is 0 Å². The molecule has 0 aliphatic heterocycles. The number of hydrogen-bond donors (Lipinski definition) is 2. The molecule has 0 heterocycles. The summed E-state index contributed by atoms with van der Waals surface area (Å²) in [7, 11) is -8.24. The molecule has 4 aromatic rings. The van der Waals surface area contributed by atoms with Crippen LogP contribution in [-0.2, 0) is 29.6 Å².